The standard InChI is InChI=1S/C16H12N2O3S/c17-9-11-3-1-10(2-4-11)5-6-12-7-13(16(20)21)18-14(19)8-15(18)22-12/h1-7,12,15H,8H2,(H,20,21)/t12?,15-/m1/s1. The summed E-state index contributed by atoms with van der Waals surface area (Å²) in [5, 5.41) is 17.8. The van der Waals surface area contributed by atoms with E-state index >= 15 is 0 Å². The second-order valence-electron chi connectivity index (χ2n) is 4.97. The van der Waals surface area contributed by atoms with Gasteiger partial charge in [-0.15, -0.1) is 11.8 Å². The van der Waals surface area contributed by atoms with Crippen molar-refractivity contribution in [2.24, 2.45) is 0 Å². The highest BCUT2D eigenvalue weighted by molar-refractivity contribution is 8.01. The second kappa shape index (κ2) is 5.70. The van der Waals surface area contributed by atoms with Gasteiger partial charge < -0.3 is 5.11 Å². The van der Waals surface area contributed by atoms with Crippen molar-refractivity contribution in [1.82, 2.24) is 4.90 Å². The molecule has 0 aromatic heterocycles. The molecule has 2 aliphatic heterocycles. The highest BCUT2D eigenvalue weighted by Crippen LogP contribution is 2.41. The van der Waals surface area contributed by atoms with Gasteiger partial charge in [0.2, 0.25) is 5.91 Å². The van der Waals surface area contributed by atoms with Crippen LogP contribution in [0.4, 0.5) is 0 Å². The summed E-state index contributed by atoms with van der Waals surface area (Å²) in [6, 6.07) is 9.20. The molecule has 1 saturated heterocycles. The maximum absolute atomic E-state index is 11.5. The van der Waals surface area contributed by atoms with Crippen molar-refractivity contribution in [3.8, 4) is 6.07 Å². The molecule has 22 heavy (non-hydrogen) atoms. The lowest BCUT2D eigenvalue weighted by molar-refractivity contribution is -0.146. The van der Waals surface area contributed by atoms with E-state index in [0.29, 0.717) is 12.0 Å². The number of carbonyl (C=O) groups excluding carboxylic acids is 1. The lowest BCUT2D eigenvalue weighted by atomic mass is 10.1. The number of nitriles is 1. The number of aliphatic carboxylic acids is 1. The second-order valence-corrected chi connectivity index (χ2v) is 6.33. The zero-order valence-corrected chi connectivity index (χ0v) is 12.3. The number of carboxylic acid groups (broad SMARTS) is 1. The molecule has 1 amide bonds. The number of hydrogen-bond donors (Lipinski definition) is 1. The van der Waals surface area contributed by atoms with Crippen LogP contribution in [0.5, 0.6) is 0 Å². The van der Waals surface area contributed by atoms with Gasteiger partial charge in [0.25, 0.3) is 0 Å². The van der Waals surface area contributed by atoms with E-state index in [-0.39, 0.29) is 22.2 Å². The fraction of sp³-hybridized carbons (Fsp3) is 0.188. The molecule has 0 bridgehead atoms. The minimum absolute atomic E-state index is 0.0643. The number of amides is 1. The number of carboxylic acids is 1. The highest BCUT2D eigenvalue weighted by Gasteiger charge is 2.44. The Morgan fingerprint density at radius 1 is 1.41 bits per heavy atom. The summed E-state index contributed by atoms with van der Waals surface area (Å²) in [5.74, 6) is -1.21. The van der Waals surface area contributed by atoms with Gasteiger partial charge in [0.15, 0.2) is 0 Å². The molecule has 2 atom stereocenters. The first-order valence-corrected chi connectivity index (χ1v) is 7.64. The van der Waals surface area contributed by atoms with Crippen LogP contribution in [0.1, 0.15) is 17.5 Å². The highest BCUT2D eigenvalue weighted by atomic mass is 32.2. The molecule has 6 heteroatoms. The van der Waals surface area contributed by atoms with Crippen LogP contribution in [0.25, 0.3) is 6.08 Å². The molecule has 0 radical (unpaired) electrons. The molecule has 1 N–H and O–H groups in total. The summed E-state index contributed by atoms with van der Waals surface area (Å²) in [6.45, 7) is 0. The Hall–Kier alpha value is -2.52. The molecule has 110 valence electrons. The monoisotopic (exact) mass is 312 g/mol. The number of fused-ring (bicyclic) bond motifs is 1. The van der Waals surface area contributed by atoms with E-state index < -0.39 is 5.97 Å². The zero-order valence-electron chi connectivity index (χ0n) is 11.5. The van der Waals surface area contributed by atoms with Gasteiger partial charge in [0.05, 0.1) is 23.4 Å². The number of nitrogens with zero attached hydrogens (tertiary/aromatic N) is 2. The van der Waals surface area contributed by atoms with Crippen LogP contribution in [-0.2, 0) is 9.59 Å². The summed E-state index contributed by atoms with van der Waals surface area (Å²) < 4.78 is 0. The third-order valence-electron chi connectivity index (χ3n) is 3.54. The number of β-lactam (4-membered cyclic amide) rings is 1. The summed E-state index contributed by atoms with van der Waals surface area (Å²) in [4.78, 5) is 24.1. The first kappa shape index (κ1) is 14.4. The quantitative estimate of drug-likeness (QED) is 0.865. The molecule has 1 unspecified atom stereocenters. The SMILES string of the molecule is N#Cc1ccc(C=CC2C=C(C(=O)O)N3C(=O)C[C@H]3S2)cc1. The van der Waals surface area contributed by atoms with E-state index in [0.717, 1.165) is 5.56 Å². The van der Waals surface area contributed by atoms with Crippen molar-refractivity contribution in [3.63, 3.8) is 0 Å². The van der Waals surface area contributed by atoms with Crippen LogP contribution in [0, 0.1) is 11.3 Å². The van der Waals surface area contributed by atoms with Crippen molar-refractivity contribution in [2.45, 2.75) is 17.0 Å². The number of rotatable bonds is 3. The van der Waals surface area contributed by atoms with Gasteiger partial charge in [-0.05, 0) is 23.8 Å². The molecular weight excluding hydrogens is 300 g/mol. The molecule has 1 aromatic carbocycles. The zero-order chi connectivity index (χ0) is 15.7. The van der Waals surface area contributed by atoms with Crippen molar-refractivity contribution in [2.75, 3.05) is 0 Å². The van der Waals surface area contributed by atoms with Crippen molar-refractivity contribution in [1.29, 1.82) is 5.26 Å². The lowest BCUT2D eigenvalue weighted by Gasteiger charge is -2.43. The van der Waals surface area contributed by atoms with Gasteiger partial charge in [-0.1, -0.05) is 24.3 Å². The summed E-state index contributed by atoms with van der Waals surface area (Å²) in [5.41, 5.74) is 1.60. The maximum atomic E-state index is 11.5. The van der Waals surface area contributed by atoms with Gasteiger partial charge in [-0.25, -0.2) is 4.79 Å². The minimum atomic E-state index is -1.07. The Morgan fingerprint density at radius 3 is 2.73 bits per heavy atom. The minimum Gasteiger partial charge on any atom is -0.477 e. The number of hydrogen-bond acceptors (Lipinski definition) is 4. The molecule has 2 aliphatic rings. The molecule has 0 saturated carbocycles. The van der Waals surface area contributed by atoms with E-state index in [1.165, 1.54) is 4.90 Å². The van der Waals surface area contributed by atoms with Crippen LogP contribution < -0.4 is 0 Å². The lowest BCUT2D eigenvalue weighted by Crippen LogP contribution is -2.53. The Kier molecular flexibility index (Phi) is 3.73. The molecular formula is C16H12N2O3S. The van der Waals surface area contributed by atoms with Gasteiger partial charge in [-0.2, -0.15) is 5.26 Å². The largest absolute Gasteiger partial charge is 0.477 e. The molecule has 1 aromatic rings. The number of thioether (sulfide) groups is 1. The molecule has 5 nitrogen and oxygen atoms in total. The summed E-state index contributed by atoms with van der Waals surface area (Å²) >= 11 is 1.56. The predicted octanol–water partition coefficient (Wildman–Crippen LogP) is 2.21. The topological polar surface area (TPSA) is 81.4 Å². The predicted molar refractivity (Wildman–Crippen MR) is 82.5 cm³/mol. The Morgan fingerprint density at radius 2 is 2.14 bits per heavy atom. The maximum Gasteiger partial charge on any atom is 0.352 e. The van der Waals surface area contributed by atoms with Crippen LogP contribution in [0.3, 0.4) is 0 Å². The van der Waals surface area contributed by atoms with E-state index in [4.69, 9.17) is 5.26 Å². The summed E-state index contributed by atoms with van der Waals surface area (Å²) in [7, 11) is 0. The third kappa shape index (κ3) is 2.63. The van der Waals surface area contributed by atoms with Crippen LogP contribution in [0.15, 0.2) is 42.1 Å². The molecule has 0 aliphatic carbocycles. The molecule has 2 heterocycles. The summed E-state index contributed by atoms with van der Waals surface area (Å²) in [6.07, 6.45) is 5.79. The average Bonchev–Trinajstić information content (AvgIpc) is 2.51. The van der Waals surface area contributed by atoms with E-state index in [9.17, 15) is 14.7 Å². The van der Waals surface area contributed by atoms with Gasteiger partial charge in [0, 0.05) is 5.25 Å². The molecule has 0 spiro atoms. The normalized spacial score (nSPS) is 23.5. The van der Waals surface area contributed by atoms with Crippen molar-refractivity contribution in [3.05, 3.63) is 53.2 Å². The van der Waals surface area contributed by atoms with Gasteiger partial charge in [-0.3, -0.25) is 9.69 Å². The number of carbonyl (C=O) groups is 2. The molecule has 1 fully saturated rings. The van der Waals surface area contributed by atoms with Gasteiger partial charge in [0.1, 0.15) is 5.70 Å². The smallest absolute Gasteiger partial charge is 0.352 e. The fourth-order valence-corrected chi connectivity index (χ4v) is 3.72. The van der Waals surface area contributed by atoms with Crippen molar-refractivity contribution >= 4 is 29.7 Å². The first-order chi connectivity index (χ1) is 10.6. The van der Waals surface area contributed by atoms with Crippen LogP contribution >= 0.6 is 11.8 Å². The third-order valence-corrected chi connectivity index (χ3v) is 4.84. The average molecular weight is 312 g/mol. The van der Waals surface area contributed by atoms with E-state index in [1.807, 2.05) is 24.3 Å². The molecule has 3 rings (SSSR count). The first-order valence-electron chi connectivity index (χ1n) is 6.69. The van der Waals surface area contributed by atoms with Gasteiger partial charge >= 0.3 is 5.97 Å². The van der Waals surface area contributed by atoms with Crippen LogP contribution in [0.2, 0.25) is 0 Å². The van der Waals surface area contributed by atoms with E-state index in [2.05, 4.69) is 6.07 Å². The number of benzene rings is 1. The Bertz CT molecular complexity index is 731. The van der Waals surface area contributed by atoms with E-state index in [1.54, 1.807) is 30.0 Å². The Balaban J connectivity index is 1.78. The Labute approximate surface area is 131 Å². The fourth-order valence-electron chi connectivity index (χ4n) is 2.39. The van der Waals surface area contributed by atoms with Crippen molar-refractivity contribution < 1.29 is 14.7 Å². The van der Waals surface area contributed by atoms with Crippen LogP contribution in [-0.4, -0.2) is 32.5 Å².